The lowest BCUT2D eigenvalue weighted by atomic mass is 9.90. The lowest BCUT2D eigenvalue weighted by molar-refractivity contribution is -0.231. The molecule has 16 atom stereocenters. The Balaban J connectivity index is 0.000000740. The number of aliphatic hydroxyl groups is 12. The number of ether oxygens (including phenoxy) is 2. The molecule has 2 aliphatic heterocycles. The van der Waals surface area contributed by atoms with E-state index < -0.39 is 111 Å². The molecule has 74 heavy (non-hydrogen) atoms. The second-order valence-corrected chi connectivity index (χ2v) is 21.1. The minimum atomic E-state index is -1.52. The van der Waals surface area contributed by atoms with Crippen molar-refractivity contribution in [3.8, 4) is 0 Å². The number of amides is 2. The van der Waals surface area contributed by atoms with Crippen LogP contribution in [0, 0.1) is 0 Å². The van der Waals surface area contributed by atoms with Gasteiger partial charge in [0.1, 0.15) is 61.0 Å². The molecule has 18 heteroatoms. The highest BCUT2D eigenvalue weighted by Gasteiger charge is 2.44. The van der Waals surface area contributed by atoms with Gasteiger partial charge in [0.25, 0.3) is 0 Å². The molecule has 438 valence electrons. The molecule has 2 amide bonds. The van der Waals surface area contributed by atoms with Crippen molar-refractivity contribution in [3.63, 3.8) is 0 Å². The molecule has 0 saturated carbocycles. The van der Waals surface area contributed by atoms with Crippen molar-refractivity contribution >= 4 is 11.8 Å². The summed E-state index contributed by atoms with van der Waals surface area (Å²) in [4.78, 5) is 24.0. The number of unbranched alkanes of at least 4 members (excludes halogenated alkanes) is 22. The van der Waals surface area contributed by atoms with Gasteiger partial charge in [0, 0.05) is 12.8 Å². The van der Waals surface area contributed by atoms with Crippen LogP contribution in [0.1, 0.15) is 220 Å². The third kappa shape index (κ3) is 28.7. The zero-order chi connectivity index (χ0) is 55.3. The molecule has 0 aromatic carbocycles. The van der Waals surface area contributed by atoms with Gasteiger partial charge in [0.05, 0.1) is 49.7 Å². The number of hydrogen-bond acceptors (Lipinski definition) is 16. The molecule has 0 aromatic heterocycles. The van der Waals surface area contributed by atoms with E-state index >= 15 is 0 Å². The van der Waals surface area contributed by atoms with E-state index in [-0.39, 0.29) is 37.5 Å². The highest BCUT2D eigenvalue weighted by atomic mass is 16.6. The van der Waals surface area contributed by atoms with Gasteiger partial charge < -0.3 is 81.4 Å². The van der Waals surface area contributed by atoms with Gasteiger partial charge in [-0.15, -0.1) is 0 Å². The molecule has 0 radical (unpaired) electrons. The molecule has 18 nitrogen and oxygen atoms in total. The number of carbonyl (C=O) groups is 2. The molecule has 2 saturated heterocycles. The molecule has 2 fully saturated rings. The second-order valence-electron chi connectivity index (χ2n) is 21.1. The Bertz CT molecular complexity index is 1400. The van der Waals surface area contributed by atoms with Crippen molar-refractivity contribution < 1.29 is 80.3 Å². The van der Waals surface area contributed by atoms with Gasteiger partial charge in [-0.2, -0.15) is 0 Å². The van der Waals surface area contributed by atoms with E-state index in [1.807, 2.05) is 0 Å². The van der Waals surface area contributed by atoms with Crippen LogP contribution in [0.2, 0.25) is 0 Å². The zero-order valence-corrected chi connectivity index (χ0v) is 46.0. The smallest absolute Gasteiger partial charge is 0.220 e. The third-order valence-corrected chi connectivity index (χ3v) is 14.8. The second kappa shape index (κ2) is 43.1. The van der Waals surface area contributed by atoms with Gasteiger partial charge in [-0.25, -0.2) is 0 Å². The van der Waals surface area contributed by atoms with E-state index in [1.54, 1.807) is 13.8 Å². The Hall–Kier alpha value is -1.88. The maximum atomic E-state index is 12.0. The standard InChI is InChI=1S/C28H55NO8.C28H53NO8/c2*1-3-5-6-7-8-9-10-11-12-13-14-15-16-21(31)25(33)20(29-24(32)4-2)17-18-22-26(34)28(36)27(35)23(19-30)37-22/h20-23,25-28,30-31,33-36H,3-19H2,1-2H3,(H,29,32);17-18,20-23,25-28,30-31,33-36H,3-16,19H2,1-2H3,(H,29,32)/b;18-17+/t2*20-,21+,22+,23?,25-,26?,27-,28+/m00/s1. The fraction of sp³-hybridized carbons (Fsp3) is 0.929. The number of hydrogen-bond donors (Lipinski definition) is 14. The van der Waals surface area contributed by atoms with Crippen LogP contribution in [0.5, 0.6) is 0 Å². The average molecular weight is 1070 g/mol. The van der Waals surface area contributed by atoms with Gasteiger partial charge in [0.15, 0.2) is 0 Å². The third-order valence-electron chi connectivity index (χ3n) is 14.8. The Labute approximate surface area is 444 Å². The van der Waals surface area contributed by atoms with Gasteiger partial charge in [-0.05, 0) is 25.7 Å². The number of carbonyl (C=O) groups excluding carboxylic acids is 2. The van der Waals surface area contributed by atoms with Crippen LogP contribution >= 0.6 is 0 Å². The zero-order valence-electron chi connectivity index (χ0n) is 46.0. The van der Waals surface area contributed by atoms with Gasteiger partial charge in [0.2, 0.25) is 11.8 Å². The average Bonchev–Trinajstić information content (AvgIpc) is 3.40. The summed E-state index contributed by atoms with van der Waals surface area (Å²) in [5.41, 5.74) is 0. The Morgan fingerprint density at radius 2 is 0.811 bits per heavy atom. The summed E-state index contributed by atoms with van der Waals surface area (Å²) in [5.74, 6) is -0.588. The Kier molecular flexibility index (Phi) is 40.8. The summed E-state index contributed by atoms with van der Waals surface area (Å²) >= 11 is 0. The van der Waals surface area contributed by atoms with Crippen molar-refractivity contribution in [3.05, 3.63) is 12.2 Å². The van der Waals surface area contributed by atoms with Gasteiger partial charge in [-0.3, -0.25) is 9.59 Å². The van der Waals surface area contributed by atoms with Gasteiger partial charge >= 0.3 is 0 Å². The summed E-state index contributed by atoms with van der Waals surface area (Å²) in [6, 6.07) is -1.70. The first kappa shape index (κ1) is 70.1. The topological polar surface area (TPSA) is 319 Å². The molecule has 0 aliphatic carbocycles. The quantitative estimate of drug-likeness (QED) is 0.0298. The van der Waals surface area contributed by atoms with Crippen molar-refractivity contribution in [2.75, 3.05) is 13.2 Å². The maximum Gasteiger partial charge on any atom is 0.220 e. The van der Waals surface area contributed by atoms with Crippen LogP contribution in [0.4, 0.5) is 0 Å². The predicted molar refractivity (Wildman–Crippen MR) is 286 cm³/mol. The SMILES string of the molecule is CCCCCCCCCCCCCC[C@@H](O)[C@@H](O)[C@H](/C=C/[C@H]1OC(CO)[C@H](O)[C@H](O)C1O)NC(=O)CC.CCCCCCCCCCCCCC[C@@H](O)[C@@H](O)[C@H](CC[C@H]1OC(CO)[C@H](O)[C@H](O)C1O)NC(=O)CC. The van der Waals surface area contributed by atoms with Crippen molar-refractivity contribution in [2.45, 2.75) is 318 Å². The highest BCUT2D eigenvalue weighted by molar-refractivity contribution is 5.76. The summed E-state index contributed by atoms with van der Waals surface area (Å²) < 4.78 is 11.0. The Morgan fingerprint density at radius 3 is 1.23 bits per heavy atom. The van der Waals surface area contributed by atoms with E-state index in [0.29, 0.717) is 12.8 Å². The minimum absolute atomic E-state index is 0.151. The molecule has 14 N–H and O–H groups in total. The lowest BCUT2D eigenvalue weighted by Crippen LogP contribution is -2.59. The van der Waals surface area contributed by atoms with Crippen LogP contribution in [0.3, 0.4) is 0 Å². The first-order valence-electron chi connectivity index (χ1n) is 29.1. The molecule has 2 aliphatic rings. The number of nitrogens with one attached hydrogen (secondary N) is 2. The first-order valence-corrected chi connectivity index (χ1v) is 29.1. The normalized spacial score (nSPS) is 26.6. The van der Waals surface area contributed by atoms with Gasteiger partial charge in [-0.1, -0.05) is 194 Å². The Morgan fingerprint density at radius 1 is 0.446 bits per heavy atom. The first-order chi connectivity index (χ1) is 35.5. The van der Waals surface area contributed by atoms with Crippen LogP contribution in [0.15, 0.2) is 12.2 Å². The van der Waals surface area contributed by atoms with Crippen molar-refractivity contribution in [1.82, 2.24) is 10.6 Å². The highest BCUT2D eigenvalue weighted by Crippen LogP contribution is 2.27. The molecule has 0 aromatic rings. The molecule has 2 heterocycles. The van der Waals surface area contributed by atoms with Crippen LogP contribution in [-0.2, 0) is 19.1 Å². The largest absolute Gasteiger partial charge is 0.394 e. The number of aliphatic hydroxyl groups excluding tert-OH is 12. The van der Waals surface area contributed by atoms with E-state index in [1.165, 1.54) is 128 Å². The predicted octanol–water partition coefficient (Wildman–Crippen LogP) is 4.41. The lowest BCUT2D eigenvalue weighted by Gasteiger charge is -2.40. The molecular weight excluding hydrogens is 957 g/mol. The monoisotopic (exact) mass is 1060 g/mol. The molecule has 0 bridgehead atoms. The minimum Gasteiger partial charge on any atom is -0.394 e. The van der Waals surface area contributed by atoms with E-state index in [2.05, 4.69) is 24.5 Å². The summed E-state index contributed by atoms with van der Waals surface area (Å²) in [7, 11) is 0. The fourth-order valence-electron chi connectivity index (χ4n) is 9.69. The summed E-state index contributed by atoms with van der Waals surface area (Å²) in [6.07, 6.45) is 16.0. The van der Waals surface area contributed by atoms with Crippen LogP contribution in [-0.4, -0.2) is 184 Å². The van der Waals surface area contributed by atoms with Crippen LogP contribution in [0.25, 0.3) is 0 Å². The van der Waals surface area contributed by atoms with Crippen LogP contribution < -0.4 is 10.6 Å². The van der Waals surface area contributed by atoms with E-state index in [4.69, 9.17) is 9.47 Å². The molecular formula is C56H108N2O16. The maximum absolute atomic E-state index is 12.0. The van der Waals surface area contributed by atoms with E-state index in [0.717, 1.165) is 38.5 Å². The molecule has 0 spiro atoms. The summed E-state index contributed by atoms with van der Waals surface area (Å²) in [6.45, 7) is 6.76. The van der Waals surface area contributed by atoms with Crippen molar-refractivity contribution in [2.24, 2.45) is 0 Å². The molecule has 2 rings (SSSR count). The van der Waals surface area contributed by atoms with E-state index in [9.17, 15) is 70.9 Å². The molecule has 4 unspecified atom stereocenters. The number of rotatable bonds is 41. The fourth-order valence-corrected chi connectivity index (χ4v) is 9.69. The summed E-state index contributed by atoms with van der Waals surface area (Å²) in [5, 5.41) is 127. The van der Waals surface area contributed by atoms with Crippen molar-refractivity contribution in [1.29, 1.82) is 0 Å².